The van der Waals surface area contributed by atoms with Crippen LogP contribution in [0.25, 0.3) is 0 Å². The van der Waals surface area contributed by atoms with E-state index in [-0.39, 0.29) is 11.8 Å². The van der Waals surface area contributed by atoms with Crippen LogP contribution in [0, 0.1) is 5.92 Å². The van der Waals surface area contributed by atoms with E-state index in [1.165, 1.54) is 4.90 Å². The van der Waals surface area contributed by atoms with Crippen LogP contribution < -0.4 is 10.1 Å². The smallest absolute Gasteiger partial charge is 0.253 e. The summed E-state index contributed by atoms with van der Waals surface area (Å²) in [5.74, 6) is -0.369. The van der Waals surface area contributed by atoms with Gasteiger partial charge >= 0.3 is 0 Å². The zero-order valence-corrected chi connectivity index (χ0v) is 14.2. The van der Waals surface area contributed by atoms with Gasteiger partial charge in [0.1, 0.15) is 10.1 Å². The summed E-state index contributed by atoms with van der Waals surface area (Å²) in [6.45, 7) is 2.25. The number of rotatable bonds is 5. The molecule has 1 saturated carbocycles. The molecule has 22 heavy (non-hydrogen) atoms. The van der Waals surface area contributed by atoms with Crippen molar-refractivity contribution in [1.82, 2.24) is 4.90 Å². The van der Waals surface area contributed by atoms with Crippen LogP contribution in [-0.2, 0) is 4.79 Å². The van der Waals surface area contributed by atoms with E-state index in [9.17, 15) is 9.59 Å². The number of hydrogen-bond acceptors (Lipinski definition) is 3. The van der Waals surface area contributed by atoms with E-state index in [2.05, 4.69) is 5.32 Å². The van der Waals surface area contributed by atoms with Gasteiger partial charge in [0, 0.05) is 19.7 Å². The summed E-state index contributed by atoms with van der Waals surface area (Å²) in [6.07, 6.45) is 0.434. The maximum atomic E-state index is 12.1. The second-order valence-electron chi connectivity index (χ2n) is 5.35. The number of anilines is 1. The molecule has 7 heteroatoms. The summed E-state index contributed by atoms with van der Waals surface area (Å²) in [5.41, 5.74) is 0.986. The van der Waals surface area contributed by atoms with Crippen molar-refractivity contribution < 1.29 is 14.3 Å². The summed E-state index contributed by atoms with van der Waals surface area (Å²) in [7, 11) is 3.35. The molecule has 1 atom stereocenters. The van der Waals surface area contributed by atoms with Crippen molar-refractivity contribution in [3.05, 3.63) is 23.8 Å². The highest BCUT2D eigenvalue weighted by atomic mass is 35.5. The zero-order valence-electron chi connectivity index (χ0n) is 12.7. The molecule has 1 fully saturated rings. The molecule has 1 aliphatic rings. The van der Waals surface area contributed by atoms with Gasteiger partial charge in [-0.15, -0.1) is 23.2 Å². The topological polar surface area (TPSA) is 58.6 Å². The van der Waals surface area contributed by atoms with Crippen LogP contribution in [0.3, 0.4) is 0 Å². The minimum atomic E-state index is -0.976. The van der Waals surface area contributed by atoms with E-state index in [0.717, 1.165) is 0 Å². The molecule has 1 N–H and O–H groups in total. The van der Waals surface area contributed by atoms with Crippen LogP contribution in [0.5, 0.6) is 5.75 Å². The molecule has 0 saturated heterocycles. The average Bonchev–Trinajstić information content (AvgIpc) is 3.09. The second kappa shape index (κ2) is 6.34. The van der Waals surface area contributed by atoms with E-state index >= 15 is 0 Å². The Bertz CT molecular complexity index is 602. The fraction of sp³-hybridized carbons (Fsp3) is 0.467. The zero-order chi connectivity index (χ0) is 16.5. The molecule has 1 aromatic carbocycles. The number of halogens is 2. The average molecular weight is 345 g/mol. The number of amides is 2. The molecule has 1 aromatic rings. The SMILES string of the molecule is CCOc1cc(C(=O)N(C)C)ccc1NC(=O)[C@@H]1CC1(Cl)Cl. The van der Waals surface area contributed by atoms with Crippen molar-refractivity contribution in [3.8, 4) is 5.75 Å². The monoisotopic (exact) mass is 344 g/mol. The number of nitrogens with zero attached hydrogens (tertiary/aromatic N) is 1. The predicted octanol–water partition coefficient (Wildman–Crippen LogP) is 2.92. The Hall–Kier alpha value is -1.46. The third-order valence-electron chi connectivity index (χ3n) is 3.33. The molecular weight excluding hydrogens is 327 g/mol. The van der Waals surface area contributed by atoms with Crippen LogP contribution in [0.15, 0.2) is 18.2 Å². The molecule has 0 spiro atoms. The van der Waals surface area contributed by atoms with Crippen molar-refractivity contribution in [3.63, 3.8) is 0 Å². The van der Waals surface area contributed by atoms with Crippen LogP contribution in [0.2, 0.25) is 0 Å². The van der Waals surface area contributed by atoms with E-state index in [0.29, 0.717) is 30.0 Å². The van der Waals surface area contributed by atoms with Crippen molar-refractivity contribution >= 4 is 40.7 Å². The molecule has 5 nitrogen and oxygen atoms in total. The van der Waals surface area contributed by atoms with Gasteiger partial charge in [-0.25, -0.2) is 0 Å². The normalized spacial score (nSPS) is 18.5. The maximum Gasteiger partial charge on any atom is 0.253 e. The molecular formula is C15H18Cl2N2O3. The lowest BCUT2D eigenvalue weighted by molar-refractivity contribution is -0.117. The molecule has 2 amide bonds. The fourth-order valence-electron chi connectivity index (χ4n) is 2.01. The first-order valence-electron chi connectivity index (χ1n) is 6.93. The maximum absolute atomic E-state index is 12.1. The van der Waals surface area contributed by atoms with E-state index in [4.69, 9.17) is 27.9 Å². The Morgan fingerprint density at radius 3 is 2.55 bits per heavy atom. The highest BCUT2D eigenvalue weighted by Crippen LogP contribution is 2.53. The van der Waals surface area contributed by atoms with Gasteiger partial charge in [0.25, 0.3) is 5.91 Å². The van der Waals surface area contributed by atoms with Crippen LogP contribution >= 0.6 is 23.2 Å². The molecule has 0 radical (unpaired) electrons. The van der Waals surface area contributed by atoms with Gasteiger partial charge in [-0.3, -0.25) is 9.59 Å². The largest absolute Gasteiger partial charge is 0.492 e. The first-order chi connectivity index (χ1) is 10.3. The molecule has 0 aromatic heterocycles. The van der Waals surface area contributed by atoms with Crippen LogP contribution in [0.4, 0.5) is 5.69 Å². The van der Waals surface area contributed by atoms with E-state index in [1.807, 2.05) is 6.92 Å². The number of carbonyl (C=O) groups is 2. The van der Waals surface area contributed by atoms with Gasteiger partial charge in [0.15, 0.2) is 0 Å². The summed E-state index contributed by atoms with van der Waals surface area (Å²) in [5, 5.41) is 2.75. The number of alkyl halides is 2. The first kappa shape index (κ1) is 16.9. The predicted molar refractivity (Wildman–Crippen MR) is 86.8 cm³/mol. The van der Waals surface area contributed by atoms with Gasteiger partial charge in [-0.2, -0.15) is 0 Å². The van der Waals surface area contributed by atoms with Gasteiger partial charge in [0.2, 0.25) is 5.91 Å². The summed E-state index contributed by atoms with van der Waals surface area (Å²) in [4.78, 5) is 25.5. The Morgan fingerprint density at radius 2 is 2.05 bits per heavy atom. The highest BCUT2D eigenvalue weighted by molar-refractivity contribution is 6.52. The van der Waals surface area contributed by atoms with Gasteiger partial charge in [-0.1, -0.05) is 0 Å². The summed E-state index contributed by atoms with van der Waals surface area (Å²) in [6, 6.07) is 4.90. The Morgan fingerprint density at radius 1 is 1.41 bits per heavy atom. The van der Waals surface area contributed by atoms with Gasteiger partial charge in [-0.05, 0) is 31.5 Å². The minimum Gasteiger partial charge on any atom is -0.492 e. The van der Waals surface area contributed by atoms with Crippen molar-refractivity contribution in [2.75, 3.05) is 26.0 Å². The van der Waals surface area contributed by atoms with Gasteiger partial charge in [0.05, 0.1) is 18.2 Å². The second-order valence-corrected chi connectivity index (χ2v) is 6.89. The van der Waals surface area contributed by atoms with Gasteiger partial charge < -0.3 is 15.0 Å². The lowest BCUT2D eigenvalue weighted by Crippen LogP contribution is -2.22. The standard InChI is InChI=1S/C15H18Cl2N2O3/c1-4-22-12-7-9(14(21)19(2)3)5-6-11(12)18-13(20)10-8-15(10,16)17/h5-7,10H,4,8H2,1-3H3,(H,18,20)/t10-/m0/s1. The number of carbonyl (C=O) groups excluding carboxylic acids is 2. The number of hydrogen-bond donors (Lipinski definition) is 1. The molecule has 0 aliphatic heterocycles. The van der Waals surface area contributed by atoms with E-state index < -0.39 is 10.3 Å². The highest BCUT2D eigenvalue weighted by Gasteiger charge is 2.56. The molecule has 0 bridgehead atoms. The first-order valence-corrected chi connectivity index (χ1v) is 7.69. The molecule has 0 heterocycles. The summed E-state index contributed by atoms with van der Waals surface area (Å²) >= 11 is 11.8. The third kappa shape index (κ3) is 3.65. The molecule has 120 valence electrons. The quantitative estimate of drug-likeness (QED) is 0.835. The van der Waals surface area contributed by atoms with Crippen molar-refractivity contribution in [1.29, 1.82) is 0 Å². The van der Waals surface area contributed by atoms with Crippen LogP contribution in [-0.4, -0.2) is 41.7 Å². The lowest BCUT2D eigenvalue weighted by atomic mass is 10.1. The number of ether oxygens (including phenoxy) is 1. The van der Waals surface area contributed by atoms with E-state index in [1.54, 1.807) is 32.3 Å². The number of benzene rings is 1. The summed E-state index contributed by atoms with van der Waals surface area (Å²) < 4.78 is 4.53. The Labute approximate surface area is 139 Å². The fourth-order valence-corrected chi connectivity index (χ4v) is 2.52. The number of nitrogens with one attached hydrogen (secondary N) is 1. The van der Waals surface area contributed by atoms with Crippen molar-refractivity contribution in [2.24, 2.45) is 5.92 Å². The minimum absolute atomic E-state index is 0.137. The molecule has 2 rings (SSSR count). The Kier molecular flexibility index (Phi) is 4.87. The Balaban J connectivity index is 2.20. The van der Waals surface area contributed by atoms with Crippen molar-refractivity contribution in [2.45, 2.75) is 17.7 Å². The molecule has 0 unspecified atom stereocenters. The van der Waals surface area contributed by atoms with Crippen LogP contribution in [0.1, 0.15) is 23.7 Å². The lowest BCUT2D eigenvalue weighted by Gasteiger charge is -2.15. The third-order valence-corrected chi connectivity index (χ3v) is 4.17. The molecule has 1 aliphatic carbocycles.